The molecule has 0 aromatic heterocycles. The second kappa shape index (κ2) is 29.7. The molecule has 2 heteroatoms. The molecule has 3 rings (SSSR count). The maximum Gasteiger partial charge on any atom is 0.210 e. The van der Waals surface area contributed by atoms with Crippen molar-refractivity contribution in [2.45, 2.75) is 240 Å². The molecule has 2 aromatic rings. The van der Waals surface area contributed by atoms with Crippen molar-refractivity contribution in [2.75, 3.05) is 0 Å². The van der Waals surface area contributed by atoms with Gasteiger partial charge in [0.25, 0.3) is 0 Å². The molecule has 0 spiro atoms. The van der Waals surface area contributed by atoms with Gasteiger partial charge in [0.2, 0.25) is 11.4 Å². The minimum absolute atomic E-state index is 0.981. The van der Waals surface area contributed by atoms with Gasteiger partial charge in [0.1, 0.15) is 0 Å². The minimum Gasteiger partial charge on any atom is -0.493 e. The van der Waals surface area contributed by atoms with Gasteiger partial charge in [-0.1, -0.05) is 188 Å². The summed E-state index contributed by atoms with van der Waals surface area (Å²) in [6, 6.07) is 14.7. The predicted molar refractivity (Wildman–Crippen MR) is 244 cm³/mol. The van der Waals surface area contributed by atoms with Gasteiger partial charge in [-0.15, -0.1) is 0 Å². The minimum atomic E-state index is 0.981. The Morgan fingerprint density at radius 3 is 1.00 bits per heavy atom. The third-order valence-electron chi connectivity index (χ3n) is 12.1. The number of benzene rings is 2. The molecule has 1 aliphatic rings. The van der Waals surface area contributed by atoms with Crippen LogP contribution in [0.25, 0.3) is 16.9 Å². The first kappa shape index (κ1) is 46.9. The normalized spacial score (nSPS) is 13.0. The standard InChI is InChI=1S/C53H86N2/c1-6-11-16-20-24-29-33-45-38-46(34-30-25-21-17-12-7-2)41-50(40-45)52-44-49(37-28-15-10-5)53(55(52)54)51-42-47(35-31-26-22-18-13-8-3)39-48(43-51)36-32-27-23-19-14-9-4/h38-44H,6-37H2,1-5H3. The molecule has 0 saturated carbocycles. The molecule has 0 bridgehead atoms. The number of aryl methyl sites for hydroxylation is 4. The highest BCUT2D eigenvalue weighted by Crippen LogP contribution is 2.39. The lowest BCUT2D eigenvalue weighted by molar-refractivity contribution is -0.344. The number of hydrogen-bond donors (Lipinski definition) is 0. The van der Waals surface area contributed by atoms with Crippen LogP contribution in [0.3, 0.4) is 0 Å². The summed E-state index contributed by atoms with van der Waals surface area (Å²) in [6.07, 6.45) is 43.3. The van der Waals surface area contributed by atoms with Crippen molar-refractivity contribution in [3.63, 3.8) is 0 Å². The van der Waals surface area contributed by atoms with Crippen molar-refractivity contribution in [2.24, 2.45) is 0 Å². The fraction of sp³-hybridized carbons (Fsp3) is 0.698. The Morgan fingerprint density at radius 1 is 0.345 bits per heavy atom. The van der Waals surface area contributed by atoms with Crippen molar-refractivity contribution < 1.29 is 4.70 Å². The van der Waals surface area contributed by atoms with Gasteiger partial charge < -0.3 is 5.53 Å². The lowest BCUT2D eigenvalue weighted by Crippen LogP contribution is -2.05. The van der Waals surface area contributed by atoms with Crippen LogP contribution in [0.4, 0.5) is 0 Å². The van der Waals surface area contributed by atoms with Crippen LogP contribution in [0, 0.1) is 0 Å². The van der Waals surface area contributed by atoms with Crippen molar-refractivity contribution in [3.8, 4) is 0 Å². The Hall–Kier alpha value is -2.48. The molecule has 0 saturated heterocycles. The number of unbranched alkanes of at least 4 members (excludes halogenated alkanes) is 22. The smallest absolute Gasteiger partial charge is 0.210 e. The average Bonchev–Trinajstić information content (AvgIpc) is 3.52. The molecule has 0 atom stereocenters. The summed E-state index contributed by atoms with van der Waals surface area (Å²) in [5.74, 6) is 0. The predicted octanol–water partition coefficient (Wildman–Crippen LogP) is 17.7. The fourth-order valence-electron chi connectivity index (χ4n) is 8.65. The van der Waals surface area contributed by atoms with E-state index in [1.165, 1.54) is 206 Å². The summed E-state index contributed by atoms with van der Waals surface area (Å²) in [6.45, 7) is 11.5. The molecular formula is C53H86N2. The first-order valence-corrected chi connectivity index (χ1v) is 24.2. The molecule has 1 aliphatic heterocycles. The largest absolute Gasteiger partial charge is 0.493 e. The summed E-state index contributed by atoms with van der Waals surface area (Å²) in [7, 11) is 0. The topological polar surface area (TPSA) is 25.3 Å². The van der Waals surface area contributed by atoms with Gasteiger partial charge in [0.15, 0.2) is 0 Å². The van der Waals surface area contributed by atoms with E-state index in [1.54, 1.807) is 4.70 Å². The third-order valence-corrected chi connectivity index (χ3v) is 12.1. The third kappa shape index (κ3) is 18.6. The Morgan fingerprint density at radius 2 is 0.636 bits per heavy atom. The van der Waals surface area contributed by atoms with Crippen molar-refractivity contribution in [1.82, 2.24) is 0 Å². The molecule has 0 N–H and O–H groups in total. The molecule has 1 heterocycles. The van der Waals surface area contributed by atoms with Crippen molar-refractivity contribution in [1.29, 1.82) is 0 Å². The highest BCUT2D eigenvalue weighted by atomic mass is 15.2. The molecule has 0 radical (unpaired) electrons. The summed E-state index contributed by atoms with van der Waals surface area (Å²) < 4.78 is 1.61. The van der Waals surface area contributed by atoms with Crippen LogP contribution < -0.4 is 0 Å². The van der Waals surface area contributed by atoms with Gasteiger partial charge in [-0.2, -0.15) is 0 Å². The summed E-state index contributed by atoms with van der Waals surface area (Å²) in [5.41, 5.74) is 23.9. The second-order valence-electron chi connectivity index (χ2n) is 17.3. The lowest BCUT2D eigenvalue weighted by atomic mass is 9.94. The van der Waals surface area contributed by atoms with Crippen LogP contribution in [0.1, 0.15) is 248 Å². The molecular weight excluding hydrogens is 665 g/mol. The second-order valence-corrected chi connectivity index (χ2v) is 17.3. The van der Waals surface area contributed by atoms with E-state index < -0.39 is 0 Å². The number of rotatable bonds is 34. The zero-order valence-electron chi connectivity index (χ0n) is 37.1. The Balaban J connectivity index is 1.92. The van der Waals surface area contributed by atoms with E-state index in [4.69, 9.17) is 0 Å². The van der Waals surface area contributed by atoms with Crippen molar-refractivity contribution >= 4 is 11.4 Å². The van der Waals surface area contributed by atoms with Crippen LogP contribution >= 0.6 is 0 Å². The van der Waals surface area contributed by atoms with Gasteiger partial charge in [0, 0.05) is 22.8 Å². The molecule has 0 unspecified atom stereocenters. The Kier molecular flexibility index (Phi) is 25.3. The van der Waals surface area contributed by atoms with Crippen LogP contribution in [0.2, 0.25) is 0 Å². The first-order valence-electron chi connectivity index (χ1n) is 24.2. The molecule has 0 aliphatic carbocycles. The van der Waals surface area contributed by atoms with Gasteiger partial charge in [-0.3, -0.25) is 0 Å². The number of nitrogens with zero attached hydrogens (tertiary/aromatic N) is 2. The molecule has 0 fully saturated rings. The number of hydrogen-bond acceptors (Lipinski definition) is 0. The summed E-state index contributed by atoms with van der Waals surface area (Å²) in [5, 5.41) is 0. The van der Waals surface area contributed by atoms with Crippen LogP contribution in [-0.2, 0) is 25.7 Å². The number of allylic oxidation sites excluding steroid dienone is 2. The van der Waals surface area contributed by atoms with E-state index >= 15 is 0 Å². The zero-order valence-corrected chi connectivity index (χ0v) is 37.1. The lowest BCUT2D eigenvalue weighted by Gasteiger charge is -2.15. The van der Waals surface area contributed by atoms with E-state index in [0.29, 0.717) is 0 Å². The molecule has 2 nitrogen and oxygen atoms in total. The molecule has 0 amide bonds. The van der Waals surface area contributed by atoms with Crippen LogP contribution in [0.5, 0.6) is 0 Å². The maximum atomic E-state index is 12.3. The van der Waals surface area contributed by atoms with E-state index in [2.05, 4.69) is 77.1 Å². The Bertz CT molecular complexity index is 1320. The van der Waals surface area contributed by atoms with E-state index in [9.17, 15) is 5.53 Å². The van der Waals surface area contributed by atoms with E-state index in [1.807, 2.05) is 0 Å². The quantitative estimate of drug-likeness (QED) is 0.0503. The molecule has 308 valence electrons. The molecule has 2 aromatic carbocycles. The fourth-order valence-corrected chi connectivity index (χ4v) is 8.65. The van der Waals surface area contributed by atoms with Gasteiger partial charge in [-0.05, 0) is 111 Å². The highest BCUT2D eigenvalue weighted by Gasteiger charge is 2.29. The van der Waals surface area contributed by atoms with Crippen molar-refractivity contribution in [3.05, 3.63) is 87.0 Å². The average molecular weight is 751 g/mol. The SMILES string of the molecule is CCCCCCCCc1cc(CCCCCCCC)cc(C2=CC(CCCCC)=C(c3cc(CCCCCCCC)cc(CCCCCCCC)c3)[N+]2=[N-])c1. The first-order chi connectivity index (χ1) is 27.0. The van der Waals surface area contributed by atoms with Gasteiger partial charge in [0.05, 0.1) is 0 Å². The van der Waals surface area contributed by atoms with Gasteiger partial charge in [-0.25, -0.2) is 4.70 Å². The highest BCUT2D eigenvalue weighted by molar-refractivity contribution is 5.79. The maximum absolute atomic E-state index is 12.3. The Labute approximate surface area is 342 Å². The van der Waals surface area contributed by atoms with E-state index in [-0.39, 0.29) is 0 Å². The summed E-state index contributed by atoms with van der Waals surface area (Å²) >= 11 is 0. The van der Waals surface area contributed by atoms with Crippen LogP contribution in [0.15, 0.2) is 48.0 Å². The van der Waals surface area contributed by atoms with Crippen LogP contribution in [-0.4, -0.2) is 4.70 Å². The summed E-state index contributed by atoms with van der Waals surface area (Å²) in [4.78, 5) is 0. The van der Waals surface area contributed by atoms with Gasteiger partial charge >= 0.3 is 0 Å². The monoisotopic (exact) mass is 751 g/mol. The zero-order chi connectivity index (χ0) is 39.4. The molecule has 55 heavy (non-hydrogen) atoms. The van der Waals surface area contributed by atoms with E-state index in [0.717, 1.165) is 49.9 Å².